The Balaban J connectivity index is 3.51. The Labute approximate surface area is 75.1 Å². The molecule has 1 unspecified atom stereocenters. The summed E-state index contributed by atoms with van der Waals surface area (Å²) in [6.07, 6.45) is 2.09. The Hall–Kier alpha value is 1.18. The highest BCUT2D eigenvalue weighted by Crippen LogP contribution is 2.16. The highest BCUT2D eigenvalue weighted by molar-refractivity contribution is 9.28. The Morgan fingerprint density at radius 2 is 2.12 bits per heavy atom. The van der Waals surface area contributed by atoms with E-state index in [1.54, 1.807) is 0 Å². The standard InChI is InChI=1S/C5H7Br3/c1-4(3-6)2-5(7)8/h2,4H,3H2,1H3. The summed E-state index contributed by atoms with van der Waals surface area (Å²) < 4.78 is 1.02. The maximum atomic E-state index is 3.36. The smallest absolute Gasteiger partial charge is 0.0567 e. The second-order valence-electron chi connectivity index (χ2n) is 1.59. The van der Waals surface area contributed by atoms with Gasteiger partial charge in [0.2, 0.25) is 0 Å². The van der Waals surface area contributed by atoms with Crippen LogP contribution in [0.4, 0.5) is 0 Å². The molecular weight excluding hydrogens is 300 g/mol. The highest BCUT2D eigenvalue weighted by Gasteiger charge is 1.92. The van der Waals surface area contributed by atoms with Gasteiger partial charge in [0.25, 0.3) is 0 Å². The van der Waals surface area contributed by atoms with Crippen LogP contribution in [0.3, 0.4) is 0 Å². The minimum absolute atomic E-state index is 0.587. The lowest BCUT2D eigenvalue weighted by Crippen LogP contribution is -1.87. The number of alkyl halides is 1. The van der Waals surface area contributed by atoms with Crippen molar-refractivity contribution in [2.75, 3.05) is 5.33 Å². The first-order valence-electron chi connectivity index (χ1n) is 2.25. The van der Waals surface area contributed by atoms with Crippen LogP contribution in [0, 0.1) is 5.92 Å². The average Bonchev–Trinajstić information content (AvgIpc) is 1.65. The van der Waals surface area contributed by atoms with Gasteiger partial charge in [-0.2, -0.15) is 0 Å². The lowest BCUT2D eigenvalue weighted by atomic mass is 10.2. The summed E-state index contributed by atoms with van der Waals surface area (Å²) in [7, 11) is 0. The summed E-state index contributed by atoms with van der Waals surface area (Å²) >= 11 is 9.90. The molecule has 3 heteroatoms. The van der Waals surface area contributed by atoms with Gasteiger partial charge in [0.15, 0.2) is 0 Å². The molecule has 0 N–H and O–H groups in total. The summed E-state index contributed by atoms with van der Waals surface area (Å²) in [6.45, 7) is 2.14. The molecule has 0 aliphatic heterocycles. The Kier molecular flexibility index (Phi) is 5.74. The second-order valence-corrected chi connectivity index (χ2v) is 5.01. The minimum atomic E-state index is 0.587. The van der Waals surface area contributed by atoms with E-state index in [0.29, 0.717) is 5.92 Å². The first kappa shape index (κ1) is 9.18. The highest BCUT2D eigenvalue weighted by atomic mass is 79.9. The van der Waals surface area contributed by atoms with Gasteiger partial charge >= 0.3 is 0 Å². The van der Waals surface area contributed by atoms with Crippen LogP contribution in [-0.4, -0.2) is 5.33 Å². The van der Waals surface area contributed by atoms with Crippen molar-refractivity contribution in [3.8, 4) is 0 Å². The molecule has 48 valence electrons. The molecule has 0 aromatic carbocycles. The first-order chi connectivity index (χ1) is 3.66. The summed E-state index contributed by atoms with van der Waals surface area (Å²) in [6, 6.07) is 0. The molecule has 0 heterocycles. The van der Waals surface area contributed by atoms with Crippen molar-refractivity contribution >= 4 is 47.8 Å². The van der Waals surface area contributed by atoms with E-state index in [1.807, 2.05) is 0 Å². The van der Waals surface area contributed by atoms with E-state index in [0.717, 1.165) is 8.72 Å². The van der Waals surface area contributed by atoms with E-state index in [2.05, 4.69) is 60.8 Å². The third kappa shape index (κ3) is 5.32. The predicted octanol–water partition coefficient (Wildman–Crippen LogP) is 3.65. The molecular formula is C5H7Br3. The van der Waals surface area contributed by atoms with Crippen molar-refractivity contribution in [2.45, 2.75) is 6.92 Å². The minimum Gasteiger partial charge on any atom is -0.0922 e. The van der Waals surface area contributed by atoms with Crippen molar-refractivity contribution in [3.63, 3.8) is 0 Å². The van der Waals surface area contributed by atoms with Crippen molar-refractivity contribution < 1.29 is 0 Å². The number of allylic oxidation sites excluding steroid dienone is 1. The molecule has 0 fully saturated rings. The third-order valence-electron chi connectivity index (χ3n) is 0.654. The number of hydrogen-bond donors (Lipinski definition) is 0. The van der Waals surface area contributed by atoms with E-state index in [4.69, 9.17) is 0 Å². The monoisotopic (exact) mass is 304 g/mol. The zero-order chi connectivity index (χ0) is 6.57. The van der Waals surface area contributed by atoms with Crippen LogP contribution in [0.2, 0.25) is 0 Å². The Bertz CT molecular complexity index is 83.7. The van der Waals surface area contributed by atoms with Gasteiger partial charge in [0.05, 0.1) is 3.39 Å². The maximum absolute atomic E-state index is 3.36. The maximum Gasteiger partial charge on any atom is 0.0567 e. The van der Waals surface area contributed by atoms with Crippen LogP contribution in [0.15, 0.2) is 9.47 Å². The van der Waals surface area contributed by atoms with Crippen LogP contribution in [0.25, 0.3) is 0 Å². The van der Waals surface area contributed by atoms with Gasteiger partial charge < -0.3 is 0 Å². The van der Waals surface area contributed by atoms with Crippen molar-refractivity contribution in [3.05, 3.63) is 9.47 Å². The van der Waals surface area contributed by atoms with Crippen LogP contribution >= 0.6 is 47.8 Å². The van der Waals surface area contributed by atoms with Gasteiger partial charge in [-0.3, -0.25) is 0 Å². The molecule has 0 aromatic heterocycles. The van der Waals surface area contributed by atoms with Crippen molar-refractivity contribution in [1.29, 1.82) is 0 Å². The van der Waals surface area contributed by atoms with Crippen LogP contribution in [0.1, 0.15) is 6.92 Å². The number of halogens is 3. The molecule has 1 atom stereocenters. The first-order valence-corrected chi connectivity index (χ1v) is 4.96. The van der Waals surface area contributed by atoms with Gasteiger partial charge in [-0.05, 0) is 37.8 Å². The van der Waals surface area contributed by atoms with E-state index in [1.165, 1.54) is 0 Å². The molecule has 0 amide bonds. The predicted molar refractivity (Wildman–Crippen MR) is 48.9 cm³/mol. The molecule has 0 saturated carbocycles. The molecule has 0 spiro atoms. The molecule has 8 heavy (non-hydrogen) atoms. The third-order valence-corrected chi connectivity index (χ3v) is 2.20. The summed E-state index contributed by atoms with van der Waals surface area (Å²) in [4.78, 5) is 0. The molecule has 0 aliphatic carbocycles. The average molecular weight is 307 g/mol. The van der Waals surface area contributed by atoms with Gasteiger partial charge in [-0.25, -0.2) is 0 Å². The molecule has 0 bridgehead atoms. The van der Waals surface area contributed by atoms with Gasteiger partial charge in [-0.15, -0.1) is 0 Å². The lowest BCUT2D eigenvalue weighted by Gasteiger charge is -1.96. The van der Waals surface area contributed by atoms with Crippen molar-refractivity contribution in [2.24, 2.45) is 5.92 Å². The normalized spacial score (nSPS) is 13.0. The van der Waals surface area contributed by atoms with E-state index >= 15 is 0 Å². The number of rotatable bonds is 2. The van der Waals surface area contributed by atoms with Crippen molar-refractivity contribution in [1.82, 2.24) is 0 Å². The van der Waals surface area contributed by atoms with Gasteiger partial charge in [0.1, 0.15) is 0 Å². The molecule has 0 aromatic rings. The fourth-order valence-electron chi connectivity index (χ4n) is 0.260. The molecule has 0 rings (SSSR count). The fourth-order valence-corrected chi connectivity index (χ4v) is 1.35. The number of hydrogen-bond acceptors (Lipinski definition) is 0. The SMILES string of the molecule is CC(C=C(Br)Br)CBr. The summed E-state index contributed by atoms with van der Waals surface area (Å²) in [5, 5.41) is 1.01. The van der Waals surface area contributed by atoms with E-state index in [9.17, 15) is 0 Å². The largest absolute Gasteiger partial charge is 0.0922 e. The Morgan fingerprint density at radius 3 is 2.25 bits per heavy atom. The van der Waals surface area contributed by atoms with E-state index < -0.39 is 0 Å². The molecule has 0 nitrogen and oxygen atoms in total. The van der Waals surface area contributed by atoms with Gasteiger partial charge in [-0.1, -0.05) is 28.9 Å². The van der Waals surface area contributed by atoms with Crippen LogP contribution < -0.4 is 0 Å². The van der Waals surface area contributed by atoms with Crippen LogP contribution in [0.5, 0.6) is 0 Å². The Morgan fingerprint density at radius 1 is 1.62 bits per heavy atom. The van der Waals surface area contributed by atoms with E-state index in [-0.39, 0.29) is 0 Å². The summed E-state index contributed by atoms with van der Waals surface area (Å²) in [5.41, 5.74) is 0. The fraction of sp³-hybridized carbons (Fsp3) is 0.600. The summed E-state index contributed by atoms with van der Waals surface area (Å²) in [5.74, 6) is 0.587. The zero-order valence-electron chi connectivity index (χ0n) is 4.50. The zero-order valence-corrected chi connectivity index (χ0v) is 9.25. The molecule has 0 aliphatic rings. The second kappa shape index (κ2) is 5.00. The molecule has 0 radical (unpaired) electrons. The lowest BCUT2D eigenvalue weighted by molar-refractivity contribution is 0.856. The van der Waals surface area contributed by atoms with Crippen LogP contribution in [-0.2, 0) is 0 Å². The quantitative estimate of drug-likeness (QED) is 0.683. The van der Waals surface area contributed by atoms with Gasteiger partial charge in [0, 0.05) is 5.33 Å². The topological polar surface area (TPSA) is 0 Å². The molecule has 0 saturated heterocycles.